The van der Waals surface area contributed by atoms with Crippen LogP contribution in [-0.2, 0) is 19.1 Å². The molecule has 0 unspecified atom stereocenters. The first-order valence-corrected chi connectivity index (χ1v) is 14.7. The summed E-state index contributed by atoms with van der Waals surface area (Å²) in [5.41, 5.74) is 3.76. The monoisotopic (exact) mass is 597 g/mol. The fourth-order valence-corrected chi connectivity index (χ4v) is 5.64. The molecule has 5 rings (SSSR count). The Kier molecular flexibility index (Phi) is 8.38. The number of benzene rings is 3. The Morgan fingerprint density at radius 1 is 0.930 bits per heavy atom. The fourth-order valence-electron chi connectivity index (χ4n) is 4.97. The largest absolute Gasteiger partial charge is 0.359 e. The van der Waals surface area contributed by atoms with E-state index < -0.39 is 27.8 Å². The summed E-state index contributed by atoms with van der Waals surface area (Å²) in [4.78, 5) is 43.6. The van der Waals surface area contributed by atoms with Gasteiger partial charge in [0.05, 0.1) is 40.4 Å². The second-order valence-corrected chi connectivity index (χ2v) is 11.4. The molecule has 4 aromatic rings. The highest BCUT2D eigenvalue weighted by molar-refractivity contribution is 7.86. The van der Waals surface area contributed by atoms with Crippen LogP contribution in [-0.4, -0.2) is 56.2 Å². The number of piperidine rings is 1. The van der Waals surface area contributed by atoms with Crippen LogP contribution in [0.3, 0.4) is 0 Å². The van der Waals surface area contributed by atoms with Gasteiger partial charge in [-0.1, -0.05) is 42.5 Å². The Labute approximate surface area is 247 Å². The van der Waals surface area contributed by atoms with Crippen LogP contribution in [0.4, 0.5) is 16.2 Å². The maximum Gasteiger partial charge on any atom is 0.323 e. The molecule has 11 nitrogen and oxygen atoms in total. The van der Waals surface area contributed by atoms with Crippen LogP contribution < -0.4 is 10.6 Å². The Bertz CT molecular complexity index is 1880. The van der Waals surface area contributed by atoms with Crippen molar-refractivity contribution in [2.45, 2.75) is 17.7 Å². The number of carbonyl (C=O) groups is 3. The Balaban J connectivity index is 1.26. The van der Waals surface area contributed by atoms with Gasteiger partial charge in [0.15, 0.2) is 0 Å². The molecule has 0 saturated carbocycles. The molecule has 1 aromatic heterocycles. The number of fused-ring (bicyclic) bond motifs is 1. The van der Waals surface area contributed by atoms with Crippen LogP contribution in [0.5, 0.6) is 0 Å². The van der Waals surface area contributed by atoms with E-state index in [9.17, 15) is 28.1 Å². The van der Waals surface area contributed by atoms with Crippen LogP contribution in [0.25, 0.3) is 16.5 Å². The predicted octanol–water partition coefficient (Wildman–Crippen LogP) is 4.93. The minimum atomic E-state index is -3.85. The van der Waals surface area contributed by atoms with E-state index in [0.29, 0.717) is 53.8 Å². The molecule has 0 spiro atoms. The lowest BCUT2D eigenvalue weighted by molar-refractivity contribution is -0.126. The summed E-state index contributed by atoms with van der Waals surface area (Å²) in [6, 6.07) is 21.5. The maximum absolute atomic E-state index is 13.3. The molecule has 43 heavy (non-hydrogen) atoms. The van der Waals surface area contributed by atoms with E-state index in [2.05, 4.69) is 25.9 Å². The van der Waals surface area contributed by atoms with E-state index in [-0.39, 0.29) is 10.5 Å². The summed E-state index contributed by atoms with van der Waals surface area (Å²) in [7, 11) is -2.79. The number of rotatable bonds is 7. The second kappa shape index (κ2) is 12.3. The number of ketones is 1. The smallest absolute Gasteiger partial charge is 0.323 e. The maximum atomic E-state index is 13.3. The van der Waals surface area contributed by atoms with Gasteiger partial charge in [-0.3, -0.25) is 13.8 Å². The molecule has 3 aromatic carbocycles. The molecule has 1 saturated heterocycles. The van der Waals surface area contributed by atoms with Crippen molar-refractivity contribution in [3.05, 3.63) is 95.7 Å². The highest BCUT2D eigenvalue weighted by atomic mass is 32.2. The topological polar surface area (TPSA) is 161 Å². The van der Waals surface area contributed by atoms with Gasteiger partial charge in [-0.2, -0.15) is 13.7 Å². The lowest BCUT2D eigenvalue weighted by Gasteiger charge is -2.28. The Hall–Kier alpha value is -5.25. The Morgan fingerprint density at radius 3 is 2.28 bits per heavy atom. The molecule has 1 aliphatic rings. The lowest BCUT2D eigenvalue weighted by atomic mass is 9.93. The molecular formula is C31H27N5O6S. The number of urea groups is 1. The zero-order valence-electron chi connectivity index (χ0n) is 23.1. The summed E-state index contributed by atoms with van der Waals surface area (Å²) in [6.45, 7) is 0.650. The molecule has 218 valence electrons. The molecule has 1 aliphatic heterocycles. The molecule has 3 amide bonds. The summed E-state index contributed by atoms with van der Waals surface area (Å²) in [5.74, 6) is -1.30. The zero-order valence-corrected chi connectivity index (χ0v) is 23.9. The highest BCUT2D eigenvalue weighted by Crippen LogP contribution is 2.29. The number of carbonyl (C=O) groups excluding carboxylic acids is 3. The average molecular weight is 598 g/mol. The number of nitrogens with one attached hydrogen (secondary N) is 3. The number of amides is 3. The van der Waals surface area contributed by atoms with Gasteiger partial charge in [0.2, 0.25) is 0 Å². The number of aromatic amines is 1. The van der Waals surface area contributed by atoms with E-state index in [1.54, 1.807) is 18.2 Å². The minimum Gasteiger partial charge on any atom is -0.359 e. The van der Waals surface area contributed by atoms with Crippen molar-refractivity contribution in [3.8, 4) is 6.07 Å². The van der Waals surface area contributed by atoms with Gasteiger partial charge in [-0.15, -0.1) is 0 Å². The lowest BCUT2D eigenvalue weighted by Crippen LogP contribution is -2.40. The number of allylic oxidation sites excluding steroid dienone is 1. The number of likely N-dealkylation sites (tertiary alicyclic amines) is 1. The zero-order chi connectivity index (χ0) is 30.6. The van der Waals surface area contributed by atoms with Crippen molar-refractivity contribution < 1.29 is 27.0 Å². The summed E-state index contributed by atoms with van der Waals surface area (Å²) >= 11 is 0. The molecular weight excluding hydrogens is 570 g/mol. The van der Waals surface area contributed by atoms with Crippen molar-refractivity contribution in [2.75, 3.05) is 30.8 Å². The van der Waals surface area contributed by atoms with Gasteiger partial charge in [-0.25, -0.2) is 4.79 Å². The quantitative estimate of drug-likeness (QED) is 0.118. The molecule has 1 fully saturated rings. The minimum absolute atomic E-state index is 0.0515. The standard InChI is InChI=1S/C31H27N5O6S/c1-42-43(40,41)23-12-10-22(11-13-23)34-31(39)35-27-9-5-8-24-26(19-33-28(24)27)29(37)30(38)36-16-14-21(15-17-36)25(18-32)20-6-3-2-4-7-20/h2-13,19,33H,14-17H2,1H3,(H2,34,35,39). The van der Waals surface area contributed by atoms with Gasteiger partial charge >= 0.3 is 6.03 Å². The third-order valence-corrected chi connectivity index (χ3v) is 8.49. The third kappa shape index (κ3) is 6.18. The number of Topliss-reactive ketones (excluding diaryl/α,β-unsaturated/α-hetero) is 1. The van der Waals surface area contributed by atoms with E-state index >= 15 is 0 Å². The first kappa shape index (κ1) is 29.2. The van der Waals surface area contributed by atoms with Gasteiger partial charge in [0.25, 0.3) is 21.8 Å². The first-order valence-electron chi connectivity index (χ1n) is 13.3. The van der Waals surface area contributed by atoms with Crippen LogP contribution in [0.1, 0.15) is 28.8 Å². The number of hydrogen-bond donors (Lipinski definition) is 3. The summed E-state index contributed by atoms with van der Waals surface area (Å²) in [6.07, 6.45) is 2.44. The van der Waals surface area contributed by atoms with Gasteiger partial charge in [0.1, 0.15) is 0 Å². The molecule has 0 aliphatic carbocycles. The van der Waals surface area contributed by atoms with Crippen molar-refractivity contribution in [2.24, 2.45) is 0 Å². The highest BCUT2D eigenvalue weighted by Gasteiger charge is 2.29. The van der Waals surface area contributed by atoms with E-state index in [1.807, 2.05) is 30.3 Å². The number of nitriles is 1. The van der Waals surface area contributed by atoms with Crippen LogP contribution in [0, 0.1) is 11.3 Å². The molecule has 0 bridgehead atoms. The fraction of sp³-hybridized carbons (Fsp3) is 0.161. The van der Waals surface area contributed by atoms with Gasteiger partial charge in [0, 0.05) is 30.4 Å². The number of anilines is 2. The van der Waals surface area contributed by atoms with E-state index in [0.717, 1.165) is 18.2 Å². The molecule has 12 heteroatoms. The number of nitrogens with zero attached hydrogens (tertiary/aromatic N) is 2. The predicted molar refractivity (Wildman–Crippen MR) is 161 cm³/mol. The molecule has 0 atom stereocenters. The second-order valence-electron chi connectivity index (χ2n) is 9.73. The number of hydrogen-bond acceptors (Lipinski definition) is 7. The summed E-state index contributed by atoms with van der Waals surface area (Å²) < 4.78 is 28.1. The van der Waals surface area contributed by atoms with Crippen molar-refractivity contribution in [1.82, 2.24) is 9.88 Å². The number of aromatic nitrogens is 1. The van der Waals surface area contributed by atoms with E-state index in [1.165, 1.54) is 35.4 Å². The van der Waals surface area contributed by atoms with Gasteiger partial charge < -0.3 is 20.5 Å². The molecule has 3 N–H and O–H groups in total. The number of H-pyrrole nitrogens is 1. The Morgan fingerprint density at radius 2 is 1.63 bits per heavy atom. The average Bonchev–Trinajstić information content (AvgIpc) is 3.47. The number of para-hydroxylation sites is 1. The summed E-state index contributed by atoms with van der Waals surface area (Å²) in [5, 5.41) is 15.5. The van der Waals surface area contributed by atoms with E-state index in [4.69, 9.17) is 0 Å². The SMILES string of the molecule is COS(=O)(=O)c1ccc(NC(=O)Nc2cccc3c(C(=O)C(=O)N4CCC(=C(C#N)c5ccccc5)CC4)c[nH]c23)cc1. The van der Waals surface area contributed by atoms with Crippen molar-refractivity contribution >= 4 is 55.7 Å². The normalized spacial score (nSPS) is 13.3. The first-order chi connectivity index (χ1) is 20.7. The van der Waals surface area contributed by atoms with Crippen molar-refractivity contribution in [3.63, 3.8) is 0 Å². The van der Waals surface area contributed by atoms with Crippen molar-refractivity contribution in [1.29, 1.82) is 5.26 Å². The van der Waals surface area contributed by atoms with Crippen LogP contribution in [0.2, 0.25) is 0 Å². The third-order valence-electron chi connectivity index (χ3n) is 7.20. The van der Waals surface area contributed by atoms with Crippen LogP contribution >= 0.6 is 0 Å². The van der Waals surface area contributed by atoms with Crippen LogP contribution in [0.15, 0.2) is 89.5 Å². The van der Waals surface area contributed by atoms with Gasteiger partial charge in [-0.05, 0) is 54.3 Å². The molecule has 2 heterocycles. The molecule has 0 radical (unpaired) electrons.